The Morgan fingerprint density at radius 2 is 1.70 bits per heavy atom. The van der Waals surface area contributed by atoms with Crippen molar-refractivity contribution in [2.75, 3.05) is 13.3 Å². The van der Waals surface area contributed by atoms with E-state index in [9.17, 15) is 18.7 Å². The number of benzene rings is 3. The summed E-state index contributed by atoms with van der Waals surface area (Å²) in [6.45, 7) is 3.01. The van der Waals surface area contributed by atoms with Gasteiger partial charge in [0.25, 0.3) is 0 Å². The average Bonchev–Trinajstić information content (AvgIpc) is 3.34. The predicted octanol–water partition coefficient (Wildman–Crippen LogP) is 4.07. The van der Waals surface area contributed by atoms with Crippen LogP contribution >= 0.6 is 0 Å². The van der Waals surface area contributed by atoms with E-state index in [0.717, 1.165) is 23.6 Å². The number of aliphatic hydroxyl groups is 1. The normalized spacial score (nSPS) is 13.8. The monoisotopic (exact) mass is 510 g/mol. The van der Waals surface area contributed by atoms with Crippen molar-refractivity contribution in [2.45, 2.75) is 51.3 Å². The molecule has 0 spiro atoms. The lowest BCUT2D eigenvalue weighted by atomic mass is 10.00. The molecule has 1 aliphatic heterocycles. The fraction of sp³-hybridized carbons (Fsp3) is 0.345. The fourth-order valence-electron chi connectivity index (χ4n) is 4.37. The molecule has 0 bridgehead atoms. The molecule has 37 heavy (non-hydrogen) atoms. The highest BCUT2D eigenvalue weighted by atomic mass is 19.1. The number of halogens is 2. The summed E-state index contributed by atoms with van der Waals surface area (Å²) in [5.74, 6) is -0.352. The molecule has 0 saturated carbocycles. The number of aryl methyl sites for hydroxylation is 2. The van der Waals surface area contributed by atoms with Gasteiger partial charge in [0.1, 0.15) is 11.6 Å². The van der Waals surface area contributed by atoms with Gasteiger partial charge in [-0.2, -0.15) is 0 Å². The summed E-state index contributed by atoms with van der Waals surface area (Å²) in [7, 11) is 0. The molecule has 1 heterocycles. The molecule has 3 aromatic carbocycles. The molecule has 1 aliphatic rings. The average molecular weight is 511 g/mol. The first-order valence-electron chi connectivity index (χ1n) is 12.5. The van der Waals surface area contributed by atoms with Crippen LogP contribution < -0.4 is 20.1 Å². The molecule has 0 aliphatic carbocycles. The van der Waals surface area contributed by atoms with Crippen molar-refractivity contribution in [1.82, 2.24) is 10.6 Å². The molecule has 4 rings (SSSR count). The lowest BCUT2D eigenvalue weighted by Gasteiger charge is -2.25. The highest BCUT2D eigenvalue weighted by Gasteiger charge is 2.23. The van der Waals surface area contributed by atoms with Gasteiger partial charge >= 0.3 is 0 Å². The molecule has 3 N–H and O–H groups in total. The molecule has 1 amide bonds. The zero-order valence-electron chi connectivity index (χ0n) is 20.8. The first kappa shape index (κ1) is 26.6. The minimum absolute atomic E-state index is 0.0820. The maximum absolute atomic E-state index is 13.8. The van der Waals surface area contributed by atoms with Crippen LogP contribution in [-0.4, -0.2) is 36.5 Å². The van der Waals surface area contributed by atoms with Gasteiger partial charge in [-0.25, -0.2) is 8.78 Å². The molecule has 3 aromatic rings. The maximum atomic E-state index is 13.8. The van der Waals surface area contributed by atoms with E-state index in [-0.39, 0.29) is 32.1 Å². The molecule has 8 heteroatoms. The lowest BCUT2D eigenvalue weighted by Crippen LogP contribution is -2.48. The Morgan fingerprint density at radius 3 is 2.49 bits per heavy atom. The molecular weight excluding hydrogens is 478 g/mol. The quantitative estimate of drug-likeness (QED) is 0.342. The van der Waals surface area contributed by atoms with Crippen LogP contribution in [0.3, 0.4) is 0 Å². The third-order valence-electron chi connectivity index (χ3n) is 6.35. The number of amides is 1. The van der Waals surface area contributed by atoms with Gasteiger partial charge in [-0.05, 0) is 65.8 Å². The summed E-state index contributed by atoms with van der Waals surface area (Å²) in [6, 6.07) is 16.2. The van der Waals surface area contributed by atoms with Crippen LogP contribution in [0.1, 0.15) is 35.6 Å². The van der Waals surface area contributed by atoms with Gasteiger partial charge in [0, 0.05) is 25.6 Å². The fourth-order valence-corrected chi connectivity index (χ4v) is 4.37. The molecule has 0 saturated heterocycles. The number of hydrogen-bond donors (Lipinski definition) is 3. The standard InChI is InChI=1S/C29H32F2N2O4/c1-2-19-4-3-5-21(10-19)16-32-17-26(34)25(13-22-11-23(30)15-24(31)12-22)33-29(35)9-7-20-6-8-27-28(14-20)37-18-36-27/h3-6,8,10-12,14-15,25-26,32,34H,2,7,9,13,16-18H2,1H3,(H,33,35)/t25-,26+/m0/s1. The van der Waals surface area contributed by atoms with Crippen LogP contribution in [0.25, 0.3) is 0 Å². The summed E-state index contributed by atoms with van der Waals surface area (Å²) in [6.07, 6.45) is 0.679. The van der Waals surface area contributed by atoms with E-state index in [1.54, 1.807) is 0 Å². The van der Waals surface area contributed by atoms with E-state index in [0.29, 0.717) is 30.0 Å². The first-order valence-corrected chi connectivity index (χ1v) is 12.5. The lowest BCUT2D eigenvalue weighted by molar-refractivity contribution is -0.122. The highest BCUT2D eigenvalue weighted by Crippen LogP contribution is 2.32. The van der Waals surface area contributed by atoms with E-state index in [1.807, 2.05) is 30.3 Å². The Bertz CT molecular complexity index is 1200. The van der Waals surface area contributed by atoms with E-state index < -0.39 is 23.8 Å². The van der Waals surface area contributed by atoms with Crippen molar-refractivity contribution >= 4 is 5.91 Å². The Labute approximate surface area is 215 Å². The second kappa shape index (κ2) is 12.7. The van der Waals surface area contributed by atoms with Crippen LogP contribution in [0, 0.1) is 11.6 Å². The third-order valence-corrected chi connectivity index (χ3v) is 6.35. The third kappa shape index (κ3) is 7.74. The summed E-state index contributed by atoms with van der Waals surface area (Å²) in [5.41, 5.74) is 3.58. The summed E-state index contributed by atoms with van der Waals surface area (Å²) in [5, 5.41) is 17.0. The van der Waals surface area contributed by atoms with Crippen molar-refractivity contribution in [2.24, 2.45) is 0 Å². The Kier molecular flexibility index (Phi) is 9.09. The molecule has 0 fully saturated rings. The van der Waals surface area contributed by atoms with Gasteiger partial charge in [0.2, 0.25) is 12.7 Å². The van der Waals surface area contributed by atoms with Gasteiger partial charge in [-0.15, -0.1) is 0 Å². The van der Waals surface area contributed by atoms with Crippen LogP contribution in [-0.2, 0) is 30.6 Å². The number of aliphatic hydroxyl groups excluding tert-OH is 1. The Hall–Kier alpha value is -3.49. The minimum atomic E-state index is -0.977. The molecule has 0 unspecified atom stereocenters. The summed E-state index contributed by atoms with van der Waals surface area (Å²) in [4.78, 5) is 12.8. The zero-order chi connectivity index (χ0) is 26.2. The van der Waals surface area contributed by atoms with Gasteiger partial charge in [0.05, 0.1) is 12.1 Å². The van der Waals surface area contributed by atoms with Gasteiger partial charge in [-0.1, -0.05) is 37.3 Å². The Morgan fingerprint density at radius 1 is 0.946 bits per heavy atom. The number of rotatable bonds is 12. The van der Waals surface area contributed by atoms with Crippen molar-refractivity contribution in [1.29, 1.82) is 0 Å². The highest BCUT2D eigenvalue weighted by molar-refractivity contribution is 5.76. The number of ether oxygens (including phenoxy) is 2. The minimum Gasteiger partial charge on any atom is -0.454 e. The smallest absolute Gasteiger partial charge is 0.231 e. The second-order valence-electron chi connectivity index (χ2n) is 9.22. The molecular formula is C29H32F2N2O4. The van der Waals surface area contributed by atoms with Gasteiger partial charge in [0.15, 0.2) is 11.5 Å². The first-order chi connectivity index (χ1) is 17.9. The number of hydrogen-bond acceptors (Lipinski definition) is 5. The topological polar surface area (TPSA) is 79.8 Å². The molecule has 6 nitrogen and oxygen atoms in total. The van der Waals surface area contributed by atoms with Crippen LogP contribution in [0.2, 0.25) is 0 Å². The molecule has 0 radical (unpaired) electrons. The van der Waals surface area contributed by atoms with E-state index in [4.69, 9.17) is 9.47 Å². The maximum Gasteiger partial charge on any atom is 0.231 e. The largest absolute Gasteiger partial charge is 0.454 e. The van der Waals surface area contributed by atoms with Gasteiger partial charge < -0.3 is 25.2 Å². The summed E-state index contributed by atoms with van der Waals surface area (Å²) < 4.78 is 38.3. The van der Waals surface area contributed by atoms with E-state index in [1.165, 1.54) is 17.7 Å². The van der Waals surface area contributed by atoms with Crippen LogP contribution in [0.15, 0.2) is 60.7 Å². The SMILES string of the molecule is CCc1cccc(CNC[C@@H](O)[C@H](Cc2cc(F)cc(F)c2)NC(=O)CCc2ccc3c(c2)OCO3)c1. The number of carbonyl (C=O) groups excluding carboxylic acids is 1. The van der Waals surface area contributed by atoms with E-state index in [2.05, 4.69) is 29.7 Å². The predicted molar refractivity (Wildman–Crippen MR) is 136 cm³/mol. The molecule has 196 valence electrons. The second-order valence-corrected chi connectivity index (χ2v) is 9.22. The van der Waals surface area contributed by atoms with Crippen LogP contribution in [0.4, 0.5) is 8.78 Å². The van der Waals surface area contributed by atoms with Crippen molar-refractivity contribution in [3.63, 3.8) is 0 Å². The van der Waals surface area contributed by atoms with Crippen molar-refractivity contribution in [3.05, 3.63) is 94.6 Å². The van der Waals surface area contributed by atoms with Crippen molar-refractivity contribution < 1.29 is 28.2 Å². The van der Waals surface area contributed by atoms with Gasteiger partial charge in [-0.3, -0.25) is 4.79 Å². The van der Waals surface area contributed by atoms with Crippen molar-refractivity contribution in [3.8, 4) is 11.5 Å². The zero-order valence-corrected chi connectivity index (χ0v) is 20.8. The molecule has 0 aromatic heterocycles. The number of nitrogens with one attached hydrogen (secondary N) is 2. The molecule has 2 atom stereocenters. The van der Waals surface area contributed by atoms with E-state index >= 15 is 0 Å². The summed E-state index contributed by atoms with van der Waals surface area (Å²) >= 11 is 0. The van der Waals surface area contributed by atoms with Crippen LogP contribution in [0.5, 0.6) is 11.5 Å². The Balaban J connectivity index is 1.37. The number of fused-ring (bicyclic) bond motifs is 1. The number of carbonyl (C=O) groups is 1.